The average molecular weight is 307 g/mol. The van der Waals surface area contributed by atoms with E-state index in [0.717, 1.165) is 25.1 Å². The van der Waals surface area contributed by atoms with Gasteiger partial charge in [-0.05, 0) is 51.6 Å². The maximum atomic E-state index is 13.2. The number of hydrogen-bond donors (Lipinski definition) is 2. The van der Waals surface area contributed by atoms with Crippen molar-refractivity contribution in [2.45, 2.75) is 32.2 Å². The fraction of sp³-hybridized carbons (Fsp3) is 0.500. The molecule has 0 unspecified atom stereocenters. The molecule has 1 rings (SSSR count). The van der Waals surface area contributed by atoms with Crippen LogP contribution < -0.4 is 10.6 Å². The smallest absolute Gasteiger partial charge is 0.220 e. The Morgan fingerprint density at radius 2 is 1.90 bits per heavy atom. The standard InChI is InChI=1S/C14H20F2N2O.ClH/c1-14(2,18-13(19)5-4-8-17-3)10-6-7-11(15)12(16)9-10;/h6-7,9,17H,4-5,8H2,1-3H3,(H,18,19);1H. The third-order valence-electron chi connectivity index (χ3n) is 2.92. The van der Waals surface area contributed by atoms with Gasteiger partial charge in [0, 0.05) is 6.42 Å². The van der Waals surface area contributed by atoms with Crippen LogP contribution in [0.25, 0.3) is 0 Å². The molecule has 0 heterocycles. The number of benzene rings is 1. The van der Waals surface area contributed by atoms with Crippen molar-refractivity contribution in [3.05, 3.63) is 35.4 Å². The molecule has 0 atom stereocenters. The van der Waals surface area contributed by atoms with Crippen molar-refractivity contribution in [2.24, 2.45) is 0 Å². The van der Waals surface area contributed by atoms with Crippen molar-refractivity contribution >= 4 is 18.3 Å². The highest BCUT2D eigenvalue weighted by molar-refractivity contribution is 5.85. The van der Waals surface area contributed by atoms with E-state index in [9.17, 15) is 13.6 Å². The highest BCUT2D eigenvalue weighted by Crippen LogP contribution is 2.22. The maximum absolute atomic E-state index is 13.2. The fourth-order valence-electron chi connectivity index (χ4n) is 1.79. The van der Waals surface area contributed by atoms with Gasteiger partial charge in [-0.1, -0.05) is 6.07 Å². The summed E-state index contributed by atoms with van der Waals surface area (Å²) in [6.07, 6.45) is 1.13. The molecule has 1 aromatic rings. The lowest BCUT2D eigenvalue weighted by atomic mass is 9.94. The Morgan fingerprint density at radius 3 is 2.45 bits per heavy atom. The van der Waals surface area contributed by atoms with Crippen molar-refractivity contribution in [3.8, 4) is 0 Å². The number of carbonyl (C=O) groups excluding carboxylic acids is 1. The van der Waals surface area contributed by atoms with E-state index in [2.05, 4.69) is 10.6 Å². The summed E-state index contributed by atoms with van der Waals surface area (Å²) in [5.74, 6) is -1.90. The molecule has 0 aliphatic carbocycles. The van der Waals surface area contributed by atoms with Crippen LogP contribution in [0.3, 0.4) is 0 Å². The Morgan fingerprint density at radius 1 is 1.25 bits per heavy atom. The third kappa shape index (κ3) is 5.43. The molecule has 0 aromatic heterocycles. The SMILES string of the molecule is CNCCCC(=O)NC(C)(C)c1ccc(F)c(F)c1.Cl. The van der Waals surface area contributed by atoms with Crippen molar-refractivity contribution < 1.29 is 13.6 Å². The van der Waals surface area contributed by atoms with Gasteiger partial charge in [-0.2, -0.15) is 0 Å². The van der Waals surface area contributed by atoms with E-state index in [-0.39, 0.29) is 18.3 Å². The maximum Gasteiger partial charge on any atom is 0.220 e. The Kier molecular flexibility index (Phi) is 7.68. The molecule has 1 amide bonds. The normalized spacial score (nSPS) is 10.8. The summed E-state index contributed by atoms with van der Waals surface area (Å²) in [7, 11) is 1.82. The second kappa shape index (κ2) is 8.17. The van der Waals surface area contributed by atoms with Crippen LogP contribution in [-0.2, 0) is 10.3 Å². The molecule has 1 aromatic carbocycles. The number of carbonyl (C=O) groups is 1. The monoisotopic (exact) mass is 306 g/mol. The van der Waals surface area contributed by atoms with E-state index in [1.54, 1.807) is 13.8 Å². The van der Waals surface area contributed by atoms with Gasteiger partial charge in [0.05, 0.1) is 5.54 Å². The van der Waals surface area contributed by atoms with Gasteiger partial charge in [0.25, 0.3) is 0 Å². The molecule has 3 nitrogen and oxygen atoms in total. The summed E-state index contributed by atoms with van der Waals surface area (Å²) in [6, 6.07) is 3.66. The van der Waals surface area contributed by atoms with E-state index in [4.69, 9.17) is 0 Å². The molecule has 2 N–H and O–H groups in total. The van der Waals surface area contributed by atoms with Crippen LogP contribution in [0.2, 0.25) is 0 Å². The lowest BCUT2D eigenvalue weighted by Crippen LogP contribution is -2.41. The molecule has 0 saturated heterocycles. The summed E-state index contributed by atoms with van der Waals surface area (Å²) >= 11 is 0. The summed E-state index contributed by atoms with van der Waals surface area (Å²) in [5, 5.41) is 5.78. The first-order chi connectivity index (χ1) is 8.86. The number of halogens is 3. The predicted octanol–water partition coefficient (Wildman–Crippen LogP) is 2.74. The van der Waals surface area contributed by atoms with Crippen LogP contribution in [0.1, 0.15) is 32.3 Å². The zero-order chi connectivity index (χ0) is 14.5. The van der Waals surface area contributed by atoms with Gasteiger partial charge < -0.3 is 10.6 Å². The van der Waals surface area contributed by atoms with E-state index >= 15 is 0 Å². The quantitative estimate of drug-likeness (QED) is 0.794. The molecule has 0 spiro atoms. The highest BCUT2D eigenvalue weighted by atomic mass is 35.5. The fourth-order valence-corrected chi connectivity index (χ4v) is 1.79. The van der Waals surface area contributed by atoms with Gasteiger partial charge >= 0.3 is 0 Å². The van der Waals surface area contributed by atoms with E-state index < -0.39 is 17.2 Å². The molecular weight excluding hydrogens is 286 g/mol. The van der Waals surface area contributed by atoms with E-state index in [1.165, 1.54) is 6.07 Å². The number of amides is 1. The van der Waals surface area contributed by atoms with Gasteiger partial charge in [0.2, 0.25) is 5.91 Å². The average Bonchev–Trinajstić information content (AvgIpc) is 2.32. The Bertz CT molecular complexity index is 453. The first-order valence-electron chi connectivity index (χ1n) is 6.28. The molecule has 20 heavy (non-hydrogen) atoms. The van der Waals surface area contributed by atoms with E-state index in [1.807, 2.05) is 7.05 Å². The minimum absolute atomic E-state index is 0. The summed E-state index contributed by atoms with van der Waals surface area (Å²) in [4.78, 5) is 11.8. The highest BCUT2D eigenvalue weighted by Gasteiger charge is 2.23. The van der Waals surface area contributed by atoms with Crippen molar-refractivity contribution in [3.63, 3.8) is 0 Å². The largest absolute Gasteiger partial charge is 0.347 e. The Hall–Kier alpha value is -1.20. The summed E-state index contributed by atoms with van der Waals surface area (Å²) in [6.45, 7) is 4.28. The minimum atomic E-state index is -0.907. The Balaban J connectivity index is 0.00000361. The van der Waals surface area contributed by atoms with Crippen LogP contribution in [-0.4, -0.2) is 19.5 Å². The minimum Gasteiger partial charge on any atom is -0.347 e. The molecule has 0 bridgehead atoms. The van der Waals surface area contributed by atoms with Crippen molar-refractivity contribution in [2.75, 3.05) is 13.6 Å². The summed E-state index contributed by atoms with van der Waals surface area (Å²) < 4.78 is 26.1. The second-order valence-electron chi connectivity index (χ2n) is 5.01. The molecule has 0 aliphatic heterocycles. The summed E-state index contributed by atoms with van der Waals surface area (Å²) in [5.41, 5.74) is -0.195. The molecule has 114 valence electrons. The van der Waals surface area contributed by atoms with Crippen molar-refractivity contribution in [1.82, 2.24) is 10.6 Å². The van der Waals surface area contributed by atoms with Crippen LogP contribution in [0.4, 0.5) is 8.78 Å². The van der Waals surface area contributed by atoms with Gasteiger partial charge in [0.15, 0.2) is 11.6 Å². The second-order valence-corrected chi connectivity index (χ2v) is 5.01. The molecule has 0 aliphatic rings. The molecule has 0 saturated carbocycles. The first-order valence-corrected chi connectivity index (χ1v) is 6.28. The van der Waals surface area contributed by atoms with Gasteiger partial charge in [-0.15, -0.1) is 12.4 Å². The topological polar surface area (TPSA) is 41.1 Å². The Labute approximate surface area is 124 Å². The zero-order valence-corrected chi connectivity index (χ0v) is 12.7. The van der Waals surface area contributed by atoms with Crippen molar-refractivity contribution in [1.29, 1.82) is 0 Å². The molecule has 0 fully saturated rings. The first kappa shape index (κ1) is 18.8. The molecule has 0 radical (unpaired) electrons. The van der Waals surface area contributed by atoms with Gasteiger partial charge in [-0.25, -0.2) is 8.78 Å². The molecular formula is C14H21ClF2N2O. The molecule has 6 heteroatoms. The number of rotatable bonds is 6. The van der Waals surface area contributed by atoms with E-state index in [0.29, 0.717) is 12.0 Å². The predicted molar refractivity (Wildman–Crippen MR) is 77.9 cm³/mol. The third-order valence-corrected chi connectivity index (χ3v) is 2.92. The number of nitrogens with one attached hydrogen (secondary N) is 2. The lowest BCUT2D eigenvalue weighted by molar-refractivity contribution is -0.122. The van der Waals surface area contributed by atoms with Gasteiger partial charge in [0.1, 0.15) is 0 Å². The van der Waals surface area contributed by atoms with Crippen LogP contribution in [0, 0.1) is 11.6 Å². The zero-order valence-electron chi connectivity index (χ0n) is 11.9. The van der Waals surface area contributed by atoms with Crippen LogP contribution >= 0.6 is 12.4 Å². The van der Waals surface area contributed by atoms with Crippen LogP contribution in [0.5, 0.6) is 0 Å². The lowest BCUT2D eigenvalue weighted by Gasteiger charge is -2.27. The van der Waals surface area contributed by atoms with Gasteiger partial charge in [-0.3, -0.25) is 4.79 Å². The number of hydrogen-bond acceptors (Lipinski definition) is 2. The van der Waals surface area contributed by atoms with Crippen LogP contribution in [0.15, 0.2) is 18.2 Å².